The number of carbonyl (C=O) groups is 1. The first-order valence-electron chi connectivity index (χ1n) is 9.92. The van der Waals surface area contributed by atoms with Crippen LogP contribution < -0.4 is 14.8 Å². The van der Waals surface area contributed by atoms with Gasteiger partial charge in [-0.3, -0.25) is 9.69 Å². The van der Waals surface area contributed by atoms with Gasteiger partial charge in [-0.05, 0) is 48.4 Å². The minimum Gasteiger partial charge on any atom is -0.497 e. The highest BCUT2D eigenvalue weighted by Crippen LogP contribution is 2.38. The van der Waals surface area contributed by atoms with E-state index >= 15 is 0 Å². The average Bonchev–Trinajstić information content (AvgIpc) is 3.20. The van der Waals surface area contributed by atoms with Crippen molar-refractivity contribution in [2.75, 3.05) is 32.6 Å². The summed E-state index contributed by atoms with van der Waals surface area (Å²) in [6.45, 7) is 1.25. The van der Waals surface area contributed by atoms with Crippen LogP contribution in [0.15, 0.2) is 60.7 Å². The molecule has 0 spiro atoms. The highest BCUT2D eigenvalue weighted by atomic mass is 16.5. The van der Waals surface area contributed by atoms with E-state index < -0.39 is 0 Å². The van der Waals surface area contributed by atoms with E-state index in [1.54, 1.807) is 14.2 Å². The van der Waals surface area contributed by atoms with E-state index in [2.05, 4.69) is 22.3 Å². The number of ether oxygens (including phenoxy) is 2. The second-order valence-electron chi connectivity index (χ2n) is 7.35. The first-order chi connectivity index (χ1) is 14.2. The number of hydrogen-bond acceptors (Lipinski definition) is 4. The molecule has 1 atom stereocenters. The van der Waals surface area contributed by atoms with Crippen LogP contribution in [-0.4, -0.2) is 38.1 Å². The van der Waals surface area contributed by atoms with E-state index in [4.69, 9.17) is 9.47 Å². The normalized spacial score (nSPS) is 16.7. The van der Waals surface area contributed by atoms with E-state index in [-0.39, 0.29) is 11.9 Å². The quantitative estimate of drug-likeness (QED) is 0.667. The molecule has 0 unspecified atom stereocenters. The predicted molar refractivity (Wildman–Crippen MR) is 116 cm³/mol. The highest BCUT2D eigenvalue weighted by molar-refractivity contribution is 5.95. The maximum absolute atomic E-state index is 12.7. The number of anilines is 1. The van der Waals surface area contributed by atoms with Crippen molar-refractivity contribution in [3.05, 3.63) is 66.2 Å². The topological polar surface area (TPSA) is 50.8 Å². The molecule has 5 nitrogen and oxygen atoms in total. The van der Waals surface area contributed by atoms with E-state index in [9.17, 15) is 4.79 Å². The first kappa shape index (κ1) is 19.3. The fourth-order valence-corrected chi connectivity index (χ4v) is 4.11. The third kappa shape index (κ3) is 4.20. The van der Waals surface area contributed by atoms with Gasteiger partial charge in [-0.2, -0.15) is 0 Å². The number of hydrogen-bond donors (Lipinski definition) is 1. The van der Waals surface area contributed by atoms with Gasteiger partial charge in [0, 0.05) is 23.4 Å². The van der Waals surface area contributed by atoms with Crippen LogP contribution in [0.3, 0.4) is 0 Å². The van der Waals surface area contributed by atoms with Gasteiger partial charge < -0.3 is 14.8 Å². The number of likely N-dealkylation sites (tertiary alicyclic amines) is 1. The molecule has 150 valence electrons. The Labute approximate surface area is 171 Å². The molecule has 0 saturated carbocycles. The van der Waals surface area contributed by atoms with Crippen molar-refractivity contribution in [2.24, 2.45) is 0 Å². The number of methoxy groups -OCH3 is 2. The van der Waals surface area contributed by atoms with Crippen LogP contribution in [0.2, 0.25) is 0 Å². The van der Waals surface area contributed by atoms with Crippen molar-refractivity contribution >= 4 is 22.4 Å². The Bertz CT molecular complexity index is 1020. The molecule has 1 N–H and O–H groups in total. The maximum Gasteiger partial charge on any atom is 0.238 e. The fraction of sp³-hybridized carbons (Fsp3) is 0.292. The molecule has 1 fully saturated rings. The molecule has 1 amide bonds. The zero-order valence-electron chi connectivity index (χ0n) is 16.9. The largest absolute Gasteiger partial charge is 0.497 e. The lowest BCUT2D eigenvalue weighted by molar-refractivity contribution is -0.117. The number of benzene rings is 3. The number of carbonyl (C=O) groups excluding carboxylic acids is 1. The first-order valence-corrected chi connectivity index (χ1v) is 9.92. The van der Waals surface area contributed by atoms with Gasteiger partial charge in [0.1, 0.15) is 11.5 Å². The molecule has 0 bridgehead atoms. The van der Waals surface area contributed by atoms with E-state index in [1.165, 1.54) is 0 Å². The van der Waals surface area contributed by atoms with Crippen LogP contribution in [0.25, 0.3) is 10.8 Å². The van der Waals surface area contributed by atoms with Crippen molar-refractivity contribution in [1.82, 2.24) is 4.90 Å². The van der Waals surface area contributed by atoms with Gasteiger partial charge in [-0.1, -0.05) is 36.4 Å². The summed E-state index contributed by atoms with van der Waals surface area (Å²) in [6.07, 6.45) is 2.06. The number of nitrogens with zero attached hydrogens (tertiary/aromatic N) is 1. The summed E-state index contributed by atoms with van der Waals surface area (Å²) in [5, 5.41) is 5.33. The Morgan fingerprint density at radius 2 is 1.86 bits per heavy atom. The van der Waals surface area contributed by atoms with Crippen LogP contribution in [0.4, 0.5) is 5.69 Å². The summed E-state index contributed by atoms with van der Waals surface area (Å²) in [7, 11) is 3.32. The summed E-state index contributed by atoms with van der Waals surface area (Å²) in [5.41, 5.74) is 1.93. The van der Waals surface area contributed by atoms with Crippen molar-refractivity contribution in [1.29, 1.82) is 0 Å². The van der Waals surface area contributed by atoms with Crippen molar-refractivity contribution in [3.8, 4) is 11.5 Å². The Hall–Kier alpha value is -3.05. The molecule has 1 heterocycles. The molecule has 0 aliphatic carbocycles. The van der Waals surface area contributed by atoms with E-state index in [1.807, 2.05) is 48.5 Å². The van der Waals surface area contributed by atoms with Gasteiger partial charge in [0.2, 0.25) is 5.91 Å². The van der Waals surface area contributed by atoms with Crippen molar-refractivity contribution in [3.63, 3.8) is 0 Å². The Kier molecular flexibility index (Phi) is 5.67. The molecule has 1 aliphatic heterocycles. The third-order valence-electron chi connectivity index (χ3n) is 5.54. The lowest BCUT2D eigenvalue weighted by atomic mass is 10.0. The minimum atomic E-state index is -0.000315. The molecule has 3 aromatic carbocycles. The number of amides is 1. The van der Waals surface area contributed by atoms with Gasteiger partial charge in [-0.15, -0.1) is 0 Å². The van der Waals surface area contributed by atoms with Crippen molar-refractivity contribution in [2.45, 2.75) is 18.9 Å². The zero-order chi connectivity index (χ0) is 20.2. The van der Waals surface area contributed by atoms with Crippen LogP contribution in [0, 0.1) is 0 Å². The molecular formula is C24H26N2O3. The molecule has 1 aliphatic rings. The second kappa shape index (κ2) is 8.53. The summed E-state index contributed by atoms with van der Waals surface area (Å²) < 4.78 is 10.9. The van der Waals surface area contributed by atoms with Crippen LogP contribution in [0.1, 0.15) is 24.4 Å². The van der Waals surface area contributed by atoms with E-state index in [0.717, 1.165) is 52.9 Å². The summed E-state index contributed by atoms with van der Waals surface area (Å²) in [6, 6.07) is 20.2. The smallest absolute Gasteiger partial charge is 0.238 e. The molecule has 3 aromatic rings. The van der Waals surface area contributed by atoms with Gasteiger partial charge in [0.25, 0.3) is 0 Å². The Balaban J connectivity index is 1.47. The molecule has 5 heteroatoms. The summed E-state index contributed by atoms with van der Waals surface area (Å²) in [4.78, 5) is 15.0. The highest BCUT2D eigenvalue weighted by Gasteiger charge is 2.29. The van der Waals surface area contributed by atoms with Crippen LogP contribution in [0.5, 0.6) is 11.5 Å². The number of rotatable bonds is 6. The van der Waals surface area contributed by atoms with Gasteiger partial charge in [-0.25, -0.2) is 0 Å². The Morgan fingerprint density at radius 1 is 1.03 bits per heavy atom. The molecule has 29 heavy (non-hydrogen) atoms. The monoisotopic (exact) mass is 390 g/mol. The van der Waals surface area contributed by atoms with Crippen LogP contribution >= 0.6 is 0 Å². The summed E-state index contributed by atoms with van der Waals surface area (Å²) >= 11 is 0. The standard InChI is InChI=1S/C24H26N2O3/c1-28-20-11-12-21(23(15-20)29-2)22-8-5-13-26(22)16-24(27)25-19-10-9-17-6-3-4-7-18(17)14-19/h3-4,6-7,9-12,14-15,22H,5,8,13,16H2,1-2H3,(H,25,27)/t22-/m0/s1. The fourth-order valence-electron chi connectivity index (χ4n) is 4.11. The lowest BCUT2D eigenvalue weighted by Crippen LogP contribution is -2.33. The minimum absolute atomic E-state index is 0.000315. The van der Waals surface area contributed by atoms with Gasteiger partial charge in [0.05, 0.1) is 20.8 Å². The molecule has 0 aromatic heterocycles. The van der Waals surface area contributed by atoms with E-state index in [0.29, 0.717) is 6.54 Å². The number of nitrogens with one attached hydrogen (secondary N) is 1. The maximum atomic E-state index is 12.7. The second-order valence-corrected chi connectivity index (χ2v) is 7.35. The van der Waals surface area contributed by atoms with Crippen molar-refractivity contribution < 1.29 is 14.3 Å². The predicted octanol–water partition coefficient (Wildman–Crippen LogP) is 4.63. The zero-order valence-corrected chi connectivity index (χ0v) is 16.9. The SMILES string of the molecule is COc1ccc([C@@H]2CCCN2CC(=O)Nc2ccc3ccccc3c2)c(OC)c1. The third-order valence-corrected chi connectivity index (χ3v) is 5.54. The lowest BCUT2D eigenvalue weighted by Gasteiger charge is -2.26. The molecular weight excluding hydrogens is 364 g/mol. The Morgan fingerprint density at radius 3 is 2.66 bits per heavy atom. The van der Waals surface area contributed by atoms with Gasteiger partial charge >= 0.3 is 0 Å². The molecule has 4 rings (SSSR count). The molecule has 1 saturated heterocycles. The molecule has 0 radical (unpaired) electrons. The van der Waals surface area contributed by atoms with Crippen LogP contribution in [-0.2, 0) is 4.79 Å². The number of fused-ring (bicyclic) bond motifs is 1. The average molecular weight is 390 g/mol. The summed E-state index contributed by atoms with van der Waals surface area (Å²) in [5.74, 6) is 1.57. The van der Waals surface area contributed by atoms with Gasteiger partial charge in [0.15, 0.2) is 0 Å².